The zero-order valence-corrected chi connectivity index (χ0v) is 12.2. The highest BCUT2D eigenvalue weighted by Crippen LogP contribution is 2.44. The summed E-state index contributed by atoms with van der Waals surface area (Å²) in [4.78, 5) is 12.2. The van der Waals surface area contributed by atoms with E-state index >= 15 is 0 Å². The van der Waals surface area contributed by atoms with E-state index in [1.807, 2.05) is 12.1 Å². The van der Waals surface area contributed by atoms with Crippen LogP contribution in [-0.2, 0) is 4.79 Å². The summed E-state index contributed by atoms with van der Waals surface area (Å²) < 4.78 is 1.06. The van der Waals surface area contributed by atoms with Gasteiger partial charge in [-0.05, 0) is 48.4 Å². The highest BCUT2D eigenvalue weighted by molar-refractivity contribution is 9.10. The lowest BCUT2D eigenvalue weighted by molar-refractivity contribution is -0.118. The Bertz CT molecular complexity index is 477. The second-order valence-electron chi connectivity index (χ2n) is 5.72. The Hall–Kier alpha value is -0.830. The van der Waals surface area contributed by atoms with E-state index in [1.165, 1.54) is 31.2 Å². The number of carbonyl (C=O) groups excluding carboxylic acids is 1. The molecule has 0 bridgehead atoms. The number of hydrogen-bond donors (Lipinski definition) is 1. The van der Waals surface area contributed by atoms with E-state index in [1.54, 1.807) is 0 Å². The molecule has 3 rings (SSSR count). The molecule has 18 heavy (non-hydrogen) atoms. The fourth-order valence-corrected chi connectivity index (χ4v) is 3.72. The minimum Gasteiger partial charge on any atom is -0.325 e. The van der Waals surface area contributed by atoms with Crippen molar-refractivity contribution in [2.24, 2.45) is 11.8 Å². The van der Waals surface area contributed by atoms with Gasteiger partial charge in [-0.15, -0.1) is 0 Å². The van der Waals surface area contributed by atoms with Gasteiger partial charge in [-0.1, -0.05) is 35.7 Å². The highest BCUT2D eigenvalue weighted by atomic mass is 79.9. The van der Waals surface area contributed by atoms with Crippen LogP contribution in [0.4, 0.5) is 5.69 Å². The molecule has 96 valence electrons. The molecule has 0 aromatic heterocycles. The minimum absolute atomic E-state index is 0.0741. The zero-order valence-electron chi connectivity index (χ0n) is 10.6. The summed E-state index contributed by atoms with van der Waals surface area (Å²) in [5.41, 5.74) is 2.20. The van der Waals surface area contributed by atoms with Crippen molar-refractivity contribution in [3.63, 3.8) is 0 Å². The first-order chi connectivity index (χ1) is 8.65. The molecule has 1 aliphatic heterocycles. The molecular formula is C15H18BrNO. The van der Waals surface area contributed by atoms with Crippen LogP contribution in [0.3, 0.4) is 0 Å². The van der Waals surface area contributed by atoms with E-state index in [4.69, 9.17) is 0 Å². The normalized spacial score (nSPS) is 31.0. The predicted molar refractivity (Wildman–Crippen MR) is 76.6 cm³/mol. The number of rotatable bonds is 1. The fraction of sp³-hybridized carbons (Fsp3) is 0.533. The van der Waals surface area contributed by atoms with Gasteiger partial charge in [-0.2, -0.15) is 0 Å². The van der Waals surface area contributed by atoms with Gasteiger partial charge in [0.25, 0.3) is 0 Å². The molecule has 1 aliphatic carbocycles. The summed E-state index contributed by atoms with van der Waals surface area (Å²) >= 11 is 3.51. The van der Waals surface area contributed by atoms with Crippen LogP contribution in [-0.4, -0.2) is 5.91 Å². The van der Waals surface area contributed by atoms with Crippen molar-refractivity contribution >= 4 is 27.5 Å². The standard InChI is InChI=1S/C15H18BrNO/c1-9-2-4-10(5-3-9)14-12-8-11(16)6-7-13(12)17-15(14)18/h6-10,14H,2-5H2,1H3,(H,17,18). The number of anilines is 1. The third-order valence-electron chi connectivity index (χ3n) is 4.42. The molecule has 1 atom stereocenters. The SMILES string of the molecule is CC1CCC(C2C(=O)Nc3ccc(Br)cc32)CC1. The molecule has 1 aromatic carbocycles. The van der Waals surface area contributed by atoms with E-state index in [2.05, 4.69) is 34.2 Å². The molecule has 1 saturated carbocycles. The molecule has 1 heterocycles. The first-order valence-electron chi connectivity index (χ1n) is 6.75. The zero-order chi connectivity index (χ0) is 12.7. The summed E-state index contributed by atoms with van der Waals surface area (Å²) in [7, 11) is 0. The lowest BCUT2D eigenvalue weighted by atomic mass is 9.74. The lowest BCUT2D eigenvalue weighted by Crippen LogP contribution is -2.24. The third kappa shape index (κ3) is 2.09. The van der Waals surface area contributed by atoms with Gasteiger partial charge < -0.3 is 5.32 Å². The quantitative estimate of drug-likeness (QED) is 0.823. The maximum Gasteiger partial charge on any atom is 0.232 e. The molecule has 1 amide bonds. The highest BCUT2D eigenvalue weighted by Gasteiger charge is 2.37. The van der Waals surface area contributed by atoms with Crippen molar-refractivity contribution in [2.75, 3.05) is 5.32 Å². The number of halogens is 1. The van der Waals surface area contributed by atoms with Gasteiger partial charge in [0.05, 0.1) is 5.92 Å². The predicted octanol–water partition coefficient (Wildman–Crippen LogP) is 4.31. The van der Waals surface area contributed by atoms with Gasteiger partial charge in [-0.25, -0.2) is 0 Å². The average Bonchev–Trinajstić information content (AvgIpc) is 2.66. The number of fused-ring (bicyclic) bond motifs is 1. The van der Waals surface area contributed by atoms with Gasteiger partial charge >= 0.3 is 0 Å². The molecule has 2 nitrogen and oxygen atoms in total. The number of amides is 1. The van der Waals surface area contributed by atoms with E-state index in [0.717, 1.165) is 16.1 Å². The van der Waals surface area contributed by atoms with Crippen LogP contribution in [0.2, 0.25) is 0 Å². The van der Waals surface area contributed by atoms with Gasteiger partial charge in [0.1, 0.15) is 0 Å². The number of carbonyl (C=O) groups is 1. The topological polar surface area (TPSA) is 29.1 Å². The van der Waals surface area contributed by atoms with E-state index in [0.29, 0.717) is 5.92 Å². The van der Waals surface area contributed by atoms with Gasteiger partial charge in [0, 0.05) is 10.2 Å². The maximum atomic E-state index is 12.2. The van der Waals surface area contributed by atoms with Crippen molar-refractivity contribution < 1.29 is 4.79 Å². The Morgan fingerprint density at radius 2 is 1.94 bits per heavy atom. The number of hydrogen-bond acceptors (Lipinski definition) is 1. The van der Waals surface area contributed by atoms with Crippen molar-refractivity contribution in [3.05, 3.63) is 28.2 Å². The Morgan fingerprint density at radius 1 is 1.22 bits per heavy atom. The van der Waals surface area contributed by atoms with Crippen LogP contribution < -0.4 is 5.32 Å². The number of benzene rings is 1. The lowest BCUT2D eigenvalue weighted by Gasteiger charge is -2.29. The first kappa shape index (κ1) is 12.2. The molecule has 1 aromatic rings. The van der Waals surface area contributed by atoms with Crippen LogP contribution in [0.5, 0.6) is 0 Å². The molecule has 1 unspecified atom stereocenters. The molecular weight excluding hydrogens is 290 g/mol. The van der Waals surface area contributed by atoms with Crippen molar-refractivity contribution in [1.82, 2.24) is 0 Å². The van der Waals surface area contributed by atoms with E-state index in [-0.39, 0.29) is 11.8 Å². The Labute approximate surface area is 116 Å². The van der Waals surface area contributed by atoms with Crippen LogP contribution >= 0.6 is 15.9 Å². The molecule has 3 heteroatoms. The van der Waals surface area contributed by atoms with Crippen LogP contribution in [0.15, 0.2) is 22.7 Å². The third-order valence-corrected chi connectivity index (χ3v) is 4.91. The largest absolute Gasteiger partial charge is 0.325 e. The molecule has 1 N–H and O–H groups in total. The Morgan fingerprint density at radius 3 is 2.67 bits per heavy atom. The van der Waals surface area contributed by atoms with Gasteiger partial charge in [-0.3, -0.25) is 4.79 Å². The molecule has 0 radical (unpaired) electrons. The van der Waals surface area contributed by atoms with Crippen molar-refractivity contribution in [2.45, 2.75) is 38.5 Å². The second kappa shape index (κ2) is 4.69. The van der Waals surface area contributed by atoms with Crippen LogP contribution in [0.25, 0.3) is 0 Å². The summed E-state index contributed by atoms with van der Waals surface area (Å²) in [5.74, 6) is 1.62. The van der Waals surface area contributed by atoms with Gasteiger partial charge in [0.2, 0.25) is 5.91 Å². The van der Waals surface area contributed by atoms with Crippen molar-refractivity contribution in [3.8, 4) is 0 Å². The molecule has 0 spiro atoms. The summed E-state index contributed by atoms with van der Waals surface area (Å²) in [6, 6.07) is 6.10. The number of nitrogens with one attached hydrogen (secondary N) is 1. The van der Waals surface area contributed by atoms with E-state index in [9.17, 15) is 4.79 Å². The van der Waals surface area contributed by atoms with Crippen LogP contribution in [0, 0.1) is 11.8 Å². The molecule has 1 fully saturated rings. The van der Waals surface area contributed by atoms with E-state index < -0.39 is 0 Å². The summed E-state index contributed by atoms with van der Waals surface area (Å²) in [6.45, 7) is 2.31. The second-order valence-corrected chi connectivity index (χ2v) is 6.63. The first-order valence-corrected chi connectivity index (χ1v) is 7.55. The smallest absolute Gasteiger partial charge is 0.232 e. The minimum atomic E-state index is 0.0741. The maximum absolute atomic E-state index is 12.2. The monoisotopic (exact) mass is 307 g/mol. The van der Waals surface area contributed by atoms with Crippen LogP contribution in [0.1, 0.15) is 44.1 Å². The average molecular weight is 308 g/mol. The van der Waals surface area contributed by atoms with Gasteiger partial charge in [0.15, 0.2) is 0 Å². The summed E-state index contributed by atoms with van der Waals surface area (Å²) in [5, 5.41) is 3.02. The molecule has 2 aliphatic rings. The summed E-state index contributed by atoms with van der Waals surface area (Å²) in [6.07, 6.45) is 4.89. The fourth-order valence-electron chi connectivity index (χ4n) is 3.34. The molecule has 0 saturated heterocycles. The Kier molecular flexibility index (Phi) is 3.18. The van der Waals surface area contributed by atoms with Crippen molar-refractivity contribution in [1.29, 1.82) is 0 Å². The Balaban J connectivity index is 1.89.